The Kier molecular flexibility index (Phi) is 4.47. The average Bonchev–Trinajstić information content (AvgIpc) is 2.05. The average molecular weight is 200 g/mol. The normalized spacial score (nSPS) is 15.4. The Bertz CT molecular complexity index is 334. The SMILES string of the molecule is C#CC(C)NS(=O)(=O)C(C#N)CC. The smallest absolute Gasteiger partial charge is 0.211 e. The molecule has 0 aliphatic carbocycles. The van der Waals surface area contributed by atoms with E-state index in [1.165, 1.54) is 0 Å². The van der Waals surface area contributed by atoms with Gasteiger partial charge in [-0.05, 0) is 13.3 Å². The second-order valence-corrected chi connectivity index (χ2v) is 4.47. The van der Waals surface area contributed by atoms with E-state index >= 15 is 0 Å². The van der Waals surface area contributed by atoms with Crippen molar-refractivity contribution in [1.82, 2.24) is 4.72 Å². The molecule has 0 aromatic rings. The lowest BCUT2D eigenvalue weighted by molar-refractivity contribution is 0.568. The van der Waals surface area contributed by atoms with Gasteiger partial charge in [0.1, 0.15) is 0 Å². The summed E-state index contributed by atoms with van der Waals surface area (Å²) in [6, 6.07) is 1.13. The number of nitrogens with zero attached hydrogens (tertiary/aromatic N) is 1. The number of rotatable bonds is 4. The fourth-order valence-electron chi connectivity index (χ4n) is 0.743. The zero-order valence-electron chi connectivity index (χ0n) is 7.61. The highest BCUT2D eigenvalue weighted by Gasteiger charge is 2.24. The maximum atomic E-state index is 11.3. The maximum absolute atomic E-state index is 11.3. The third-order valence-electron chi connectivity index (χ3n) is 1.48. The van der Waals surface area contributed by atoms with Gasteiger partial charge in [0, 0.05) is 0 Å². The molecule has 13 heavy (non-hydrogen) atoms. The molecule has 0 amide bonds. The molecule has 0 aromatic heterocycles. The van der Waals surface area contributed by atoms with Gasteiger partial charge in [-0.3, -0.25) is 0 Å². The molecule has 0 heterocycles. The number of hydrogen-bond acceptors (Lipinski definition) is 3. The molecule has 1 N–H and O–H groups in total. The predicted molar refractivity (Wildman–Crippen MR) is 50.0 cm³/mol. The molecule has 0 saturated heterocycles. The van der Waals surface area contributed by atoms with Gasteiger partial charge in [-0.15, -0.1) is 6.42 Å². The van der Waals surface area contributed by atoms with Crippen molar-refractivity contribution in [1.29, 1.82) is 5.26 Å². The summed E-state index contributed by atoms with van der Waals surface area (Å²) < 4.78 is 24.9. The first-order chi connectivity index (χ1) is 5.97. The minimum absolute atomic E-state index is 0.253. The van der Waals surface area contributed by atoms with Crippen LogP contribution in [0.2, 0.25) is 0 Å². The summed E-state index contributed by atoms with van der Waals surface area (Å²) in [6.07, 6.45) is 5.26. The van der Waals surface area contributed by atoms with Crippen molar-refractivity contribution in [2.75, 3.05) is 0 Å². The van der Waals surface area contributed by atoms with Gasteiger partial charge in [-0.25, -0.2) is 8.42 Å². The van der Waals surface area contributed by atoms with Crippen molar-refractivity contribution >= 4 is 10.0 Å². The minimum atomic E-state index is -3.59. The van der Waals surface area contributed by atoms with Crippen LogP contribution in [0, 0.1) is 23.7 Å². The molecule has 4 nitrogen and oxygen atoms in total. The van der Waals surface area contributed by atoms with Gasteiger partial charge in [0.15, 0.2) is 5.25 Å². The molecule has 0 aliphatic rings. The lowest BCUT2D eigenvalue weighted by Crippen LogP contribution is -2.38. The Morgan fingerprint density at radius 2 is 2.15 bits per heavy atom. The standard InChI is InChI=1S/C8H12N2O2S/c1-4-7(3)10-13(11,12)8(5-2)6-9/h1,7-8,10H,5H2,2-3H3. The Morgan fingerprint density at radius 3 is 2.46 bits per heavy atom. The van der Waals surface area contributed by atoms with Crippen LogP contribution in [0.25, 0.3) is 0 Å². The van der Waals surface area contributed by atoms with Crippen molar-refractivity contribution in [3.63, 3.8) is 0 Å². The van der Waals surface area contributed by atoms with E-state index < -0.39 is 21.3 Å². The summed E-state index contributed by atoms with van der Waals surface area (Å²) in [5.74, 6) is 2.22. The monoisotopic (exact) mass is 200 g/mol. The predicted octanol–water partition coefficient (Wildman–Crippen LogP) is 0.230. The van der Waals surface area contributed by atoms with E-state index in [0.29, 0.717) is 0 Å². The van der Waals surface area contributed by atoms with E-state index in [9.17, 15) is 8.42 Å². The minimum Gasteiger partial charge on any atom is -0.211 e. The highest BCUT2D eigenvalue weighted by Crippen LogP contribution is 2.03. The number of sulfonamides is 1. The lowest BCUT2D eigenvalue weighted by Gasteiger charge is -2.11. The molecule has 0 radical (unpaired) electrons. The highest BCUT2D eigenvalue weighted by atomic mass is 32.2. The Morgan fingerprint density at radius 1 is 1.62 bits per heavy atom. The Balaban J connectivity index is 4.62. The van der Waals surface area contributed by atoms with Crippen LogP contribution < -0.4 is 4.72 Å². The van der Waals surface area contributed by atoms with Crippen molar-refractivity contribution in [2.24, 2.45) is 0 Å². The Labute approximate surface area is 79.0 Å². The molecule has 0 aromatic carbocycles. The van der Waals surface area contributed by atoms with Crippen LogP contribution in [0.3, 0.4) is 0 Å². The van der Waals surface area contributed by atoms with Gasteiger partial charge in [-0.2, -0.15) is 9.98 Å². The summed E-state index contributed by atoms with van der Waals surface area (Å²) in [4.78, 5) is 0. The number of nitriles is 1. The molecule has 0 rings (SSSR count). The van der Waals surface area contributed by atoms with Crippen LogP contribution in [0.5, 0.6) is 0 Å². The molecule has 5 heteroatoms. The largest absolute Gasteiger partial charge is 0.229 e. The molecular formula is C8H12N2O2S. The lowest BCUT2D eigenvalue weighted by atomic mass is 10.4. The van der Waals surface area contributed by atoms with Crippen LogP contribution in [0.4, 0.5) is 0 Å². The molecule has 2 atom stereocenters. The first kappa shape index (κ1) is 12.0. The first-order valence-electron chi connectivity index (χ1n) is 3.84. The van der Waals surface area contributed by atoms with Crippen molar-refractivity contribution in [2.45, 2.75) is 31.6 Å². The Hall–Kier alpha value is -1.04. The van der Waals surface area contributed by atoms with E-state index in [1.807, 2.05) is 0 Å². The van der Waals surface area contributed by atoms with E-state index in [4.69, 9.17) is 11.7 Å². The summed E-state index contributed by atoms with van der Waals surface area (Å²) >= 11 is 0. The zero-order valence-corrected chi connectivity index (χ0v) is 8.43. The van der Waals surface area contributed by atoms with Crippen molar-refractivity contribution < 1.29 is 8.42 Å². The van der Waals surface area contributed by atoms with E-state index in [2.05, 4.69) is 10.6 Å². The van der Waals surface area contributed by atoms with Gasteiger partial charge in [0.25, 0.3) is 0 Å². The van der Waals surface area contributed by atoms with E-state index in [-0.39, 0.29) is 6.42 Å². The van der Waals surface area contributed by atoms with Gasteiger partial charge in [-0.1, -0.05) is 12.8 Å². The second kappa shape index (κ2) is 4.86. The second-order valence-electron chi connectivity index (χ2n) is 2.58. The maximum Gasteiger partial charge on any atom is 0.229 e. The van der Waals surface area contributed by atoms with Gasteiger partial charge < -0.3 is 0 Å². The van der Waals surface area contributed by atoms with Gasteiger partial charge in [0.05, 0.1) is 12.1 Å². The third-order valence-corrected chi connectivity index (χ3v) is 3.35. The van der Waals surface area contributed by atoms with E-state index in [0.717, 1.165) is 0 Å². The van der Waals surface area contributed by atoms with Crippen LogP contribution in [0.1, 0.15) is 20.3 Å². The van der Waals surface area contributed by atoms with E-state index in [1.54, 1.807) is 19.9 Å². The summed E-state index contributed by atoms with van der Waals surface area (Å²) in [5, 5.41) is 7.50. The summed E-state index contributed by atoms with van der Waals surface area (Å²) in [7, 11) is -3.59. The molecule has 0 saturated carbocycles. The third kappa shape index (κ3) is 3.45. The fraction of sp³-hybridized carbons (Fsp3) is 0.625. The fourth-order valence-corrected chi connectivity index (χ4v) is 2.05. The van der Waals surface area contributed by atoms with Gasteiger partial charge >= 0.3 is 0 Å². The number of terminal acetylenes is 1. The molecule has 0 aliphatic heterocycles. The molecule has 0 spiro atoms. The van der Waals surface area contributed by atoms with Crippen LogP contribution in [-0.4, -0.2) is 19.7 Å². The zero-order chi connectivity index (χ0) is 10.5. The first-order valence-corrected chi connectivity index (χ1v) is 5.39. The molecule has 72 valence electrons. The summed E-state index contributed by atoms with van der Waals surface area (Å²) in [6.45, 7) is 3.18. The van der Waals surface area contributed by atoms with Crippen LogP contribution in [0.15, 0.2) is 0 Å². The molecule has 2 unspecified atom stereocenters. The highest BCUT2D eigenvalue weighted by molar-refractivity contribution is 7.90. The van der Waals surface area contributed by atoms with Crippen molar-refractivity contribution in [3.8, 4) is 18.4 Å². The van der Waals surface area contributed by atoms with Crippen molar-refractivity contribution in [3.05, 3.63) is 0 Å². The number of hydrogen-bond donors (Lipinski definition) is 1. The quantitative estimate of drug-likeness (QED) is 0.660. The molecule has 0 bridgehead atoms. The van der Waals surface area contributed by atoms with Crippen LogP contribution >= 0.6 is 0 Å². The molecular weight excluding hydrogens is 188 g/mol. The van der Waals surface area contributed by atoms with Gasteiger partial charge in [0.2, 0.25) is 10.0 Å². The molecule has 0 fully saturated rings. The topological polar surface area (TPSA) is 70.0 Å². The summed E-state index contributed by atoms with van der Waals surface area (Å²) in [5.41, 5.74) is 0. The number of nitrogens with one attached hydrogen (secondary N) is 1. The van der Waals surface area contributed by atoms with Crippen LogP contribution in [-0.2, 0) is 10.0 Å².